The highest BCUT2D eigenvalue weighted by Gasteiger charge is 2.25. The first-order valence-corrected chi connectivity index (χ1v) is 8.93. The van der Waals surface area contributed by atoms with Crippen molar-refractivity contribution in [2.75, 3.05) is 46.1 Å². The van der Waals surface area contributed by atoms with Gasteiger partial charge < -0.3 is 10.1 Å². The topological polar surface area (TPSA) is 70.7 Å². The quantitative estimate of drug-likeness (QED) is 0.787. The highest BCUT2D eigenvalue weighted by Crippen LogP contribution is 2.29. The molecule has 0 aliphatic carbocycles. The second-order valence-corrected chi connectivity index (χ2v) is 7.00. The largest absolute Gasteiger partial charge is 0.496 e. The Balaban J connectivity index is 0.00000242. The van der Waals surface area contributed by atoms with Crippen LogP contribution in [0.25, 0.3) is 0 Å². The Morgan fingerprint density at radius 3 is 2.82 bits per heavy atom. The van der Waals surface area contributed by atoms with Crippen molar-refractivity contribution in [3.05, 3.63) is 29.8 Å². The number of para-hydroxylation sites is 1. The molecule has 2 N–H and O–H groups in total. The summed E-state index contributed by atoms with van der Waals surface area (Å²) in [7, 11) is -1.47. The van der Waals surface area contributed by atoms with Crippen molar-refractivity contribution in [3.63, 3.8) is 0 Å². The lowest BCUT2D eigenvalue weighted by molar-refractivity contribution is 0.162. The number of methoxy groups -OCH3 is 1. The summed E-state index contributed by atoms with van der Waals surface area (Å²) in [5.74, 6) is 0.868. The molecule has 1 aliphatic heterocycles. The molecular weight excluding hydrogens is 326 g/mol. The van der Waals surface area contributed by atoms with Gasteiger partial charge in [-0.3, -0.25) is 4.90 Å². The first-order valence-electron chi connectivity index (χ1n) is 7.03. The molecule has 1 saturated heterocycles. The Morgan fingerprint density at radius 2 is 2.14 bits per heavy atom. The normalized spacial score (nSPS) is 19.5. The fourth-order valence-electron chi connectivity index (χ4n) is 2.64. The third kappa shape index (κ3) is 5.40. The highest BCUT2D eigenvalue weighted by atomic mass is 35.5. The first-order chi connectivity index (χ1) is 10.0. The Hall–Kier alpha value is -0.860. The van der Waals surface area contributed by atoms with E-state index in [2.05, 4.69) is 21.0 Å². The van der Waals surface area contributed by atoms with Gasteiger partial charge in [0, 0.05) is 38.3 Å². The minimum Gasteiger partial charge on any atom is -0.496 e. The summed E-state index contributed by atoms with van der Waals surface area (Å²) in [5.41, 5.74) is 1.13. The zero-order valence-electron chi connectivity index (χ0n) is 12.9. The van der Waals surface area contributed by atoms with Crippen LogP contribution < -0.4 is 14.8 Å². The molecule has 0 amide bonds. The molecule has 1 fully saturated rings. The molecule has 1 unspecified atom stereocenters. The molecule has 1 aromatic rings. The third-order valence-corrected chi connectivity index (χ3v) is 4.34. The van der Waals surface area contributed by atoms with Gasteiger partial charge in [0.1, 0.15) is 5.75 Å². The maximum absolute atomic E-state index is 11.2. The van der Waals surface area contributed by atoms with Crippen molar-refractivity contribution in [2.45, 2.75) is 6.04 Å². The van der Waals surface area contributed by atoms with Crippen molar-refractivity contribution in [2.24, 2.45) is 0 Å². The number of ether oxygens (including phenoxy) is 1. The van der Waals surface area contributed by atoms with Gasteiger partial charge in [0.25, 0.3) is 0 Å². The van der Waals surface area contributed by atoms with Gasteiger partial charge in [0.15, 0.2) is 0 Å². The second kappa shape index (κ2) is 8.69. The molecule has 1 aromatic carbocycles. The van der Waals surface area contributed by atoms with Crippen molar-refractivity contribution >= 4 is 22.4 Å². The van der Waals surface area contributed by atoms with Gasteiger partial charge in [0.05, 0.1) is 19.4 Å². The molecular formula is C14H24ClN3O3S. The number of hydrogen-bond donors (Lipinski definition) is 2. The fraction of sp³-hybridized carbons (Fsp3) is 0.571. The van der Waals surface area contributed by atoms with Gasteiger partial charge in [-0.2, -0.15) is 0 Å². The van der Waals surface area contributed by atoms with Crippen molar-refractivity contribution < 1.29 is 13.2 Å². The van der Waals surface area contributed by atoms with Crippen LogP contribution in [0.4, 0.5) is 0 Å². The molecule has 0 spiro atoms. The maximum Gasteiger partial charge on any atom is 0.208 e. The van der Waals surface area contributed by atoms with Gasteiger partial charge in [-0.15, -0.1) is 12.4 Å². The summed E-state index contributed by atoms with van der Waals surface area (Å²) in [6, 6.07) is 8.16. The van der Waals surface area contributed by atoms with Crippen LogP contribution >= 0.6 is 12.4 Å². The number of nitrogens with zero attached hydrogens (tertiary/aromatic N) is 1. The molecule has 0 saturated carbocycles. The van der Waals surface area contributed by atoms with Crippen LogP contribution in [-0.4, -0.2) is 59.4 Å². The van der Waals surface area contributed by atoms with Crippen LogP contribution in [0.1, 0.15) is 11.6 Å². The lowest BCUT2D eigenvalue weighted by atomic mass is 10.0. The van der Waals surface area contributed by atoms with E-state index in [1.54, 1.807) is 7.11 Å². The van der Waals surface area contributed by atoms with Gasteiger partial charge >= 0.3 is 0 Å². The van der Waals surface area contributed by atoms with E-state index in [9.17, 15) is 8.42 Å². The van der Waals surface area contributed by atoms with Crippen LogP contribution in [0.3, 0.4) is 0 Å². The van der Waals surface area contributed by atoms with Gasteiger partial charge in [-0.1, -0.05) is 18.2 Å². The number of sulfonamides is 1. The molecule has 0 radical (unpaired) electrons. The Bertz CT molecular complexity index is 568. The fourth-order valence-corrected chi connectivity index (χ4v) is 3.10. The monoisotopic (exact) mass is 349 g/mol. The smallest absolute Gasteiger partial charge is 0.208 e. The number of halogens is 1. The number of piperazine rings is 1. The summed E-state index contributed by atoms with van der Waals surface area (Å²) in [4.78, 5) is 2.28. The number of hydrogen-bond acceptors (Lipinski definition) is 5. The van der Waals surface area contributed by atoms with E-state index in [-0.39, 0.29) is 18.4 Å². The minimum absolute atomic E-state index is 0. The van der Waals surface area contributed by atoms with Gasteiger partial charge in [-0.05, 0) is 6.07 Å². The van der Waals surface area contributed by atoms with Crippen LogP contribution in [-0.2, 0) is 10.0 Å². The second-order valence-electron chi connectivity index (χ2n) is 5.16. The Kier molecular flexibility index (Phi) is 7.58. The predicted molar refractivity (Wildman–Crippen MR) is 90.3 cm³/mol. The number of rotatable bonds is 6. The summed E-state index contributed by atoms with van der Waals surface area (Å²) in [5, 5.41) is 3.39. The Morgan fingerprint density at radius 1 is 1.41 bits per heavy atom. The molecule has 0 bridgehead atoms. The average Bonchev–Trinajstić information content (AvgIpc) is 2.46. The lowest BCUT2D eigenvalue weighted by Gasteiger charge is -2.37. The molecule has 126 valence electrons. The minimum atomic E-state index is -3.14. The molecule has 1 aliphatic rings. The summed E-state index contributed by atoms with van der Waals surface area (Å²) >= 11 is 0. The third-order valence-electron chi connectivity index (χ3n) is 3.62. The zero-order chi connectivity index (χ0) is 15.3. The van der Waals surface area contributed by atoms with E-state index in [1.807, 2.05) is 18.2 Å². The van der Waals surface area contributed by atoms with Crippen molar-refractivity contribution in [3.8, 4) is 5.75 Å². The van der Waals surface area contributed by atoms with E-state index in [0.29, 0.717) is 13.1 Å². The van der Waals surface area contributed by atoms with Crippen LogP contribution in [0.15, 0.2) is 24.3 Å². The van der Waals surface area contributed by atoms with E-state index in [4.69, 9.17) is 4.74 Å². The standard InChI is InChI=1S/C14H23N3O3S.ClH/c1-20-14-6-4-3-5-12(14)13-11-15-7-9-17(13)10-8-16-21(2,18)19;/h3-6,13,15-16H,7-11H2,1-2H3;1H. The van der Waals surface area contributed by atoms with Crippen LogP contribution in [0, 0.1) is 0 Å². The molecule has 1 heterocycles. The lowest BCUT2D eigenvalue weighted by Crippen LogP contribution is -2.48. The first kappa shape index (κ1) is 19.2. The van der Waals surface area contributed by atoms with E-state index in [0.717, 1.165) is 30.9 Å². The molecule has 2 rings (SSSR count). The summed E-state index contributed by atoms with van der Waals surface area (Å²) in [6.45, 7) is 3.72. The average molecular weight is 350 g/mol. The number of nitrogens with one attached hydrogen (secondary N) is 2. The van der Waals surface area contributed by atoms with Gasteiger partial charge in [0.2, 0.25) is 10.0 Å². The molecule has 1 atom stereocenters. The zero-order valence-corrected chi connectivity index (χ0v) is 14.5. The van der Waals surface area contributed by atoms with E-state index < -0.39 is 10.0 Å². The Labute approximate surface area is 138 Å². The van der Waals surface area contributed by atoms with E-state index >= 15 is 0 Å². The summed E-state index contributed by atoms with van der Waals surface area (Å²) in [6.07, 6.45) is 1.18. The summed E-state index contributed by atoms with van der Waals surface area (Å²) < 4.78 is 30.3. The number of benzene rings is 1. The van der Waals surface area contributed by atoms with Crippen molar-refractivity contribution in [1.82, 2.24) is 14.9 Å². The molecule has 0 aromatic heterocycles. The van der Waals surface area contributed by atoms with Gasteiger partial charge in [-0.25, -0.2) is 13.1 Å². The predicted octanol–water partition coefficient (Wildman–Crippen LogP) is 0.613. The molecule has 22 heavy (non-hydrogen) atoms. The van der Waals surface area contributed by atoms with Crippen molar-refractivity contribution in [1.29, 1.82) is 0 Å². The SMILES string of the molecule is COc1ccccc1C1CNCCN1CCNS(C)(=O)=O.Cl. The maximum atomic E-state index is 11.2. The highest BCUT2D eigenvalue weighted by molar-refractivity contribution is 7.88. The molecule has 8 heteroatoms. The van der Waals surface area contributed by atoms with Crippen LogP contribution in [0.5, 0.6) is 5.75 Å². The van der Waals surface area contributed by atoms with Crippen LogP contribution in [0.2, 0.25) is 0 Å². The molecule has 6 nitrogen and oxygen atoms in total. The van der Waals surface area contributed by atoms with E-state index in [1.165, 1.54) is 6.26 Å².